The number of hydrogen-bond acceptors (Lipinski definition) is 5. The standard InChI is InChI=1S/C21H16O5/c1-11(2)15-9-13-16(25-15)10-14(22)17-18(23)21(24-3)19(26-20(13)17)12-7-5-4-6-8-12/h4-10,22H,1H2,2-3H3. The Bertz CT molecular complexity index is 1210. The molecule has 0 saturated heterocycles. The van der Waals surface area contributed by atoms with Crippen LogP contribution in [0.3, 0.4) is 0 Å². The fraction of sp³-hybridized carbons (Fsp3) is 0.0952. The van der Waals surface area contributed by atoms with E-state index in [9.17, 15) is 9.90 Å². The van der Waals surface area contributed by atoms with Crippen LogP contribution in [0.25, 0.3) is 38.8 Å². The van der Waals surface area contributed by atoms with Crippen LogP contribution in [0.5, 0.6) is 11.5 Å². The molecule has 26 heavy (non-hydrogen) atoms. The van der Waals surface area contributed by atoms with Crippen LogP contribution in [0.1, 0.15) is 12.7 Å². The van der Waals surface area contributed by atoms with Crippen LogP contribution in [0.4, 0.5) is 0 Å². The Labute approximate surface area is 148 Å². The molecule has 2 aromatic carbocycles. The monoisotopic (exact) mass is 348 g/mol. The molecule has 0 unspecified atom stereocenters. The Morgan fingerprint density at radius 3 is 2.54 bits per heavy atom. The molecule has 0 aliphatic rings. The molecule has 0 bridgehead atoms. The van der Waals surface area contributed by atoms with Crippen LogP contribution in [-0.2, 0) is 0 Å². The number of aromatic hydroxyl groups is 1. The number of fused-ring (bicyclic) bond motifs is 3. The minimum atomic E-state index is -0.440. The molecule has 0 saturated carbocycles. The second-order valence-corrected chi connectivity index (χ2v) is 6.06. The van der Waals surface area contributed by atoms with Gasteiger partial charge in [-0.05, 0) is 18.6 Å². The van der Waals surface area contributed by atoms with Gasteiger partial charge < -0.3 is 18.7 Å². The first-order chi connectivity index (χ1) is 12.5. The Morgan fingerprint density at radius 2 is 1.88 bits per heavy atom. The van der Waals surface area contributed by atoms with Crippen molar-refractivity contribution >= 4 is 27.5 Å². The Balaban J connectivity index is 2.19. The highest BCUT2D eigenvalue weighted by Crippen LogP contribution is 2.39. The topological polar surface area (TPSA) is 72.8 Å². The summed E-state index contributed by atoms with van der Waals surface area (Å²) in [6.07, 6.45) is 0. The van der Waals surface area contributed by atoms with Crippen molar-refractivity contribution in [2.75, 3.05) is 7.11 Å². The zero-order valence-corrected chi connectivity index (χ0v) is 14.3. The Hall–Kier alpha value is -3.47. The summed E-state index contributed by atoms with van der Waals surface area (Å²) >= 11 is 0. The predicted octanol–water partition coefficient (Wildman–Crippen LogP) is 4.95. The fourth-order valence-corrected chi connectivity index (χ4v) is 3.00. The van der Waals surface area contributed by atoms with Crippen molar-refractivity contribution in [3.8, 4) is 22.8 Å². The summed E-state index contributed by atoms with van der Waals surface area (Å²) in [5.41, 5.74) is 1.66. The summed E-state index contributed by atoms with van der Waals surface area (Å²) < 4.78 is 17.1. The van der Waals surface area contributed by atoms with E-state index in [0.29, 0.717) is 28.1 Å². The largest absolute Gasteiger partial charge is 0.507 e. The van der Waals surface area contributed by atoms with E-state index in [1.54, 1.807) is 6.07 Å². The predicted molar refractivity (Wildman–Crippen MR) is 101 cm³/mol. The van der Waals surface area contributed by atoms with Crippen LogP contribution >= 0.6 is 0 Å². The lowest BCUT2D eigenvalue weighted by atomic mass is 10.1. The van der Waals surface area contributed by atoms with Gasteiger partial charge >= 0.3 is 0 Å². The second kappa shape index (κ2) is 5.81. The summed E-state index contributed by atoms with van der Waals surface area (Å²) in [5, 5.41) is 11.0. The van der Waals surface area contributed by atoms with E-state index in [-0.39, 0.29) is 22.5 Å². The van der Waals surface area contributed by atoms with E-state index in [4.69, 9.17) is 13.6 Å². The van der Waals surface area contributed by atoms with E-state index < -0.39 is 5.43 Å². The van der Waals surface area contributed by atoms with Crippen LogP contribution in [-0.4, -0.2) is 12.2 Å². The van der Waals surface area contributed by atoms with Gasteiger partial charge in [-0.2, -0.15) is 0 Å². The lowest BCUT2D eigenvalue weighted by Crippen LogP contribution is -2.08. The van der Waals surface area contributed by atoms with E-state index in [1.807, 2.05) is 37.3 Å². The minimum absolute atomic E-state index is 0.0435. The quantitative estimate of drug-likeness (QED) is 0.567. The molecular weight excluding hydrogens is 332 g/mol. The molecule has 2 aromatic heterocycles. The van der Waals surface area contributed by atoms with Crippen LogP contribution in [0, 0.1) is 0 Å². The number of allylic oxidation sites excluding steroid dienone is 1. The molecule has 4 aromatic rings. The fourth-order valence-electron chi connectivity index (χ4n) is 3.00. The molecule has 130 valence electrons. The molecule has 0 aliphatic heterocycles. The number of phenolic OH excluding ortho intramolecular Hbond substituents is 1. The third-order valence-electron chi connectivity index (χ3n) is 4.26. The summed E-state index contributed by atoms with van der Waals surface area (Å²) in [6, 6.07) is 12.4. The number of methoxy groups -OCH3 is 1. The average molecular weight is 348 g/mol. The van der Waals surface area contributed by atoms with Gasteiger partial charge in [0.15, 0.2) is 11.3 Å². The van der Waals surface area contributed by atoms with Crippen molar-refractivity contribution in [2.45, 2.75) is 6.92 Å². The third kappa shape index (κ3) is 2.29. The van der Waals surface area contributed by atoms with E-state index >= 15 is 0 Å². The summed E-state index contributed by atoms with van der Waals surface area (Å²) in [6.45, 7) is 5.68. The lowest BCUT2D eigenvalue weighted by molar-refractivity contribution is 0.398. The minimum Gasteiger partial charge on any atom is -0.507 e. The van der Waals surface area contributed by atoms with Gasteiger partial charge in [-0.1, -0.05) is 36.9 Å². The molecule has 0 spiro atoms. The van der Waals surface area contributed by atoms with Gasteiger partial charge in [0.05, 0.1) is 12.5 Å². The molecule has 1 N–H and O–H groups in total. The van der Waals surface area contributed by atoms with Crippen molar-refractivity contribution in [2.24, 2.45) is 0 Å². The molecule has 0 aliphatic carbocycles. The number of benzene rings is 2. The molecule has 0 radical (unpaired) electrons. The molecule has 0 atom stereocenters. The summed E-state index contributed by atoms with van der Waals surface area (Å²) in [5.74, 6) is 0.686. The van der Waals surface area contributed by atoms with Gasteiger partial charge in [0, 0.05) is 11.6 Å². The van der Waals surface area contributed by atoms with Gasteiger partial charge in [-0.25, -0.2) is 0 Å². The summed E-state index contributed by atoms with van der Waals surface area (Å²) in [4.78, 5) is 13.0. The first-order valence-corrected chi connectivity index (χ1v) is 8.03. The number of phenols is 1. The molecule has 5 heteroatoms. The number of furan rings is 1. The molecule has 0 fully saturated rings. The van der Waals surface area contributed by atoms with Crippen molar-refractivity contribution in [3.05, 3.63) is 65.0 Å². The van der Waals surface area contributed by atoms with Gasteiger partial charge in [-0.3, -0.25) is 4.79 Å². The zero-order chi connectivity index (χ0) is 18.4. The number of ether oxygens (including phenoxy) is 1. The van der Waals surface area contributed by atoms with Crippen molar-refractivity contribution in [1.29, 1.82) is 0 Å². The molecule has 5 nitrogen and oxygen atoms in total. The van der Waals surface area contributed by atoms with Crippen LogP contribution < -0.4 is 10.2 Å². The van der Waals surface area contributed by atoms with E-state index in [0.717, 1.165) is 5.57 Å². The van der Waals surface area contributed by atoms with Crippen molar-refractivity contribution < 1.29 is 18.7 Å². The Kier molecular flexibility index (Phi) is 3.58. The van der Waals surface area contributed by atoms with Crippen molar-refractivity contribution in [1.82, 2.24) is 0 Å². The first-order valence-electron chi connectivity index (χ1n) is 8.03. The highest BCUT2D eigenvalue weighted by atomic mass is 16.5. The molecule has 4 rings (SSSR count). The van der Waals surface area contributed by atoms with Crippen molar-refractivity contribution in [3.63, 3.8) is 0 Å². The highest BCUT2D eigenvalue weighted by molar-refractivity contribution is 6.06. The Morgan fingerprint density at radius 1 is 1.15 bits per heavy atom. The second-order valence-electron chi connectivity index (χ2n) is 6.06. The van der Waals surface area contributed by atoms with Crippen LogP contribution in [0.15, 0.2) is 62.7 Å². The first kappa shape index (κ1) is 16.0. The van der Waals surface area contributed by atoms with Gasteiger partial charge in [-0.15, -0.1) is 0 Å². The number of rotatable bonds is 3. The normalized spacial score (nSPS) is 11.2. The molecule has 2 heterocycles. The number of hydrogen-bond donors (Lipinski definition) is 1. The van der Waals surface area contributed by atoms with Crippen LogP contribution in [0.2, 0.25) is 0 Å². The van der Waals surface area contributed by atoms with Gasteiger partial charge in [0.1, 0.15) is 22.5 Å². The lowest BCUT2D eigenvalue weighted by Gasteiger charge is -2.10. The third-order valence-corrected chi connectivity index (χ3v) is 4.26. The van der Waals surface area contributed by atoms with Gasteiger partial charge in [0.25, 0.3) is 0 Å². The molecule has 0 amide bonds. The van der Waals surface area contributed by atoms with E-state index in [1.165, 1.54) is 13.2 Å². The highest BCUT2D eigenvalue weighted by Gasteiger charge is 2.22. The van der Waals surface area contributed by atoms with E-state index in [2.05, 4.69) is 6.58 Å². The molecular formula is C21H16O5. The zero-order valence-electron chi connectivity index (χ0n) is 14.3. The maximum atomic E-state index is 13.0. The van der Waals surface area contributed by atoms with Gasteiger partial charge in [0.2, 0.25) is 11.2 Å². The maximum absolute atomic E-state index is 13.0. The maximum Gasteiger partial charge on any atom is 0.239 e. The smallest absolute Gasteiger partial charge is 0.239 e. The SMILES string of the molecule is C=C(C)c1cc2c(cc(O)c3c(=O)c(OC)c(-c4ccccc4)oc32)o1. The average Bonchev–Trinajstić information content (AvgIpc) is 3.06. The summed E-state index contributed by atoms with van der Waals surface area (Å²) in [7, 11) is 1.40.